The Labute approximate surface area is 177 Å². The molecule has 0 saturated carbocycles. The predicted molar refractivity (Wildman–Crippen MR) is 121 cm³/mol. The average molecular weight is 405 g/mol. The minimum Gasteiger partial charge on any atom is -0.475 e. The van der Waals surface area contributed by atoms with Crippen LogP contribution in [0.4, 0.5) is 4.79 Å². The zero-order valence-corrected chi connectivity index (χ0v) is 17.0. The molecule has 0 radical (unpaired) electrons. The number of benzene rings is 2. The SMILES string of the molecule is C=C(N=C/C=C\N)OC1CCN(C(=O)NCc2ccccc2-c2ccccc2)CC1. The van der Waals surface area contributed by atoms with Gasteiger partial charge in [-0.15, -0.1) is 0 Å². The fourth-order valence-corrected chi connectivity index (χ4v) is 3.43. The van der Waals surface area contributed by atoms with Crippen LogP contribution in [-0.2, 0) is 11.3 Å². The number of aliphatic imine (C=N–C) groups is 1. The molecule has 0 aromatic heterocycles. The highest BCUT2D eigenvalue weighted by Gasteiger charge is 2.24. The molecule has 0 aliphatic carbocycles. The van der Waals surface area contributed by atoms with Crippen molar-refractivity contribution in [2.45, 2.75) is 25.5 Å². The van der Waals surface area contributed by atoms with Gasteiger partial charge in [0.1, 0.15) is 6.10 Å². The number of piperidine rings is 1. The van der Waals surface area contributed by atoms with Crippen LogP contribution in [0, 0.1) is 0 Å². The summed E-state index contributed by atoms with van der Waals surface area (Å²) in [4.78, 5) is 18.5. The van der Waals surface area contributed by atoms with Crippen molar-refractivity contribution in [1.29, 1.82) is 0 Å². The number of allylic oxidation sites excluding steroid dienone is 1. The molecule has 1 aliphatic rings. The summed E-state index contributed by atoms with van der Waals surface area (Å²) < 4.78 is 5.73. The van der Waals surface area contributed by atoms with Crippen molar-refractivity contribution in [3.8, 4) is 11.1 Å². The van der Waals surface area contributed by atoms with Gasteiger partial charge >= 0.3 is 6.03 Å². The van der Waals surface area contributed by atoms with E-state index in [9.17, 15) is 4.79 Å². The molecular formula is C24H28N4O2. The number of nitrogens with zero attached hydrogens (tertiary/aromatic N) is 2. The van der Waals surface area contributed by atoms with Crippen LogP contribution in [0.25, 0.3) is 11.1 Å². The van der Waals surface area contributed by atoms with E-state index in [0.29, 0.717) is 25.5 Å². The summed E-state index contributed by atoms with van der Waals surface area (Å²) in [6, 6.07) is 18.3. The lowest BCUT2D eigenvalue weighted by molar-refractivity contribution is 0.0598. The Kier molecular flexibility index (Phi) is 7.66. The summed E-state index contributed by atoms with van der Waals surface area (Å²) in [6.07, 6.45) is 6.05. The second-order valence-electron chi connectivity index (χ2n) is 7.04. The number of carbonyl (C=O) groups excluding carboxylic acids is 1. The first-order valence-electron chi connectivity index (χ1n) is 10.1. The molecule has 1 saturated heterocycles. The molecule has 1 heterocycles. The molecule has 2 aromatic rings. The molecule has 1 aliphatic heterocycles. The van der Waals surface area contributed by atoms with Crippen molar-refractivity contribution in [2.75, 3.05) is 13.1 Å². The number of hydrogen-bond donors (Lipinski definition) is 2. The van der Waals surface area contributed by atoms with E-state index in [1.807, 2.05) is 35.2 Å². The number of ether oxygens (including phenoxy) is 1. The molecule has 2 amide bonds. The first kappa shape index (κ1) is 21.2. The van der Waals surface area contributed by atoms with Crippen LogP contribution in [0.15, 0.2) is 84.3 Å². The highest BCUT2D eigenvalue weighted by atomic mass is 16.5. The molecule has 3 N–H and O–H groups in total. The van der Waals surface area contributed by atoms with E-state index in [0.717, 1.165) is 29.5 Å². The molecule has 0 spiro atoms. The second kappa shape index (κ2) is 10.9. The van der Waals surface area contributed by atoms with Crippen molar-refractivity contribution >= 4 is 12.2 Å². The van der Waals surface area contributed by atoms with Gasteiger partial charge in [-0.3, -0.25) is 0 Å². The van der Waals surface area contributed by atoms with Gasteiger partial charge in [-0.25, -0.2) is 9.79 Å². The Morgan fingerprint density at radius 1 is 1.17 bits per heavy atom. The average Bonchev–Trinajstić information content (AvgIpc) is 2.79. The van der Waals surface area contributed by atoms with Gasteiger partial charge in [0.2, 0.25) is 5.88 Å². The van der Waals surface area contributed by atoms with Crippen molar-refractivity contribution in [3.05, 3.63) is 84.9 Å². The molecule has 156 valence electrons. The number of rotatable bonds is 7. The monoisotopic (exact) mass is 404 g/mol. The van der Waals surface area contributed by atoms with Gasteiger partial charge in [0.15, 0.2) is 0 Å². The van der Waals surface area contributed by atoms with E-state index in [4.69, 9.17) is 10.5 Å². The topological polar surface area (TPSA) is 80.0 Å². The number of nitrogens with two attached hydrogens (primary N) is 1. The molecule has 2 aromatic carbocycles. The van der Waals surface area contributed by atoms with E-state index in [2.05, 4.69) is 41.2 Å². The summed E-state index contributed by atoms with van der Waals surface area (Å²) in [5.74, 6) is 0.355. The minimum atomic E-state index is -0.0544. The highest BCUT2D eigenvalue weighted by Crippen LogP contribution is 2.23. The molecule has 6 nitrogen and oxygen atoms in total. The first-order valence-corrected chi connectivity index (χ1v) is 10.1. The van der Waals surface area contributed by atoms with Crippen molar-refractivity contribution in [3.63, 3.8) is 0 Å². The molecule has 0 unspecified atom stereocenters. The van der Waals surface area contributed by atoms with Crippen molar-refractivity contribution in [2.24, 2.45) is 10.7 Å². The lowest BCUT2D eigenvalue weighted by Crippen LogP contribution is -2.45. The van der Waals surface area contributed by atoms with Crippen LogP contribution in [0.1, 0.15) is 18.4 Å². The van der Waals surface area contributed by atoms with Crippen LogP contribution in [-0.4, -0.2) is 36.3 Å². The Balaban J connectivity index is 1.49. The summed E-state index contributed by atoms with van der Waals surface area (Å²) >= 11 is 0. The second-order valence-corrected chi connectivity index (χ2v) is 7.04. The number of hydrogen-bond acceptors (Lipinski definition) is 4. The minimum absolute atomic E-state index is 0.0133. The Hall–Kier alpha value is -3.54. The zero-order valence-electron chi connectivity index (χ0n) is 17.0. The van der Waals surface area contributed by atoms with E-state index < -0.39 is 0 Å². The standard InChI is InChI=1S/C24H28N4O2/c1-19(26-15-7-14-25)30-22-12-16-28(17-13-22)24(29)27-18-21-10-5-6-11-23(21)20-8-3-2-4-9-20/h2-11,14-15,22H,1,12-13,16-18,25H2,(H,27,29)/b14-7-,26-15?. The number of nitrogens with one attached hydrogen (secondary N) is 1. The Morgan fingerprint density at radius 3 is 2.60 bits per heavy atom. The van der Waals surface area contributed by atoms with Gasteiger partial charge < -0.3 is 20.7 Å². The van der Waals surface area contributed by atoms with Crippen LogP contribution in [0.3, 0.4) is 0 Å². The van der Waals surface area contributed by atoms with Crippen LogP contribution in [0.2, 0.25) is 0 Å². The van der Waals surface area contributed by atoms with Gasteiger partial charge in [0.25, 0.3) is 0 Å². The highest BCUT2D eigenvalue weighted by molar-refractivity contribution is 5.75. The molecule has 1 fully saturated rings. The Morgan fingerprint density at radius 2 is 1.87 bits per heavy atom. The van der Waals surface area contributed by atoms with Gasteiger partial charge in [0, 0.05) is 38.7 Å². The fraction of sp³-hybridized carbons (Fsp3) is 0.250. The third kappa shape index (κ3) is 5.98. The van der Waals surface area contributed by atoms with Crippen LogP contribution >= 0.6 is 0 Å². The van der Waals surface area contributed by atoms with Crippen LogP contribution in [0.5, 0.6) is 0 Å². The number of amides is 2. The molecule has 6 heteroatoms. The lowest BCUT2D eigenvalue weighted by atomic mass is 10.00. The van der Waals surface area contributed by atoms with E-state index >= 15 is 0 Å². The fourth-order valence-electron chi connectivity index (χ4n) is 3.43. The quantitative estimate of drug-likeness (QED) is 0.539. The van der Waals surface area contributed by atoms with Gasteiger partial charge in [-0.1, -0.05) is 54.6 Å². The third-order valence-electron chi connectivity index (χ3n) is 4.98. The lowest BCUT2D eigenvalue weighted by Gasteiger charge is -2.32. The van der Waals surface area contributed by atoms with Gasteiger partial charge in [-0.2, -0.15) is 0 Å². The van der Waals surface area contributed by atoms with Crippen LogP contribution < -0.4 is 11.1 Å². The smallest absolute Gasteiger partial charge is 0.317 e. The maximum absolute atomic E-state index is 12.6. The molecular weight excluding hydrogens is 376 g/mol. The number of carbonyl (C=O) groups is 1. The maximum Gasteiger partial charge on any atom is 0.317 e. The predicted octanol–water partition coefficient (Wildman–Crippen LogP) is 4.06. The molecule has 0 atom stereocenters. The first-order chi connectivity index (χ1) is 14.7. The van der Waals surface area contributed by atoms with Gasteiger partial charge in [0.05, 0.1) is 0 Å². The van der Waals surface area contributed by atoms with Gasteiger partial charge in [-0.05, 0) is 35.5 Å². The summed E-state index contributed by atoms with van der Waals surface area (Å²) in [6.45, 7) is 5.54. The third-order valence-corrected chi connectivity index (χ3v) is 4.98. The summed E-state index contributed by atoms with van der Waals surface area (Å²) in [5.41, 5.74) is 8.63. The maximum atomic E-state index is 12.6. The summed E-state index contributed by atoms with van der Waals surface area (Å²) in [7, 11) is 0. The van der Waals surface area contributed by atoms with Crippen molar-refractivity contribution in [1.82, 2.24) is 10.2 Å². The number of urea groups is 1. The summed E-state index contributed by atoms with van der Waals surface area (Å²) in [5, 5.41) is 3.05. The molecule has 30 heavy (non-hydrogen) atoms. The van der Waals surface area contributed by atoms with E-state index in [-0.39, 0.29) is 12.1 Å². The zero-order chi connectivity index (χ0) is 21.2. The normalized spacial score (nSPS) is 14.9. The largest absolute Gasteiger partial charge is 0.475 e. The molecule has 3 rings (SSSR count). The molecule has 0 bridgehead atoms. The van der Waals surface area contributed by atoms with Crippen molar-refractivity contribution < 1.29 is 9.53 Å². The van der Waals surface area contributed by atoms with E-state index in [1.165, 1.54) is 12.4 Å². The van der Waals surface area contributed by atoms with E-state index in [1.54, 1.807) is 6.08 Å². The number of likely N-dealkylation sites (tertiary alicyclic amines) is 1. The Bertz CT molecular complexity index is 900.